The number of hydrogen-bond acceptors (Lipinski definition) is 0. The van der Waals surface area contributed by atoms with Crippen LogP contribution in [0.25, 0.3) is 0 Å². The predicted octanol–water partition coefficient (Wildman–Crippen LogP) is 7.29. The Bertz CT molecular complexity index is 359. The van der Waals surface area contributed by atoms with Crippen molar-refractivity contribution in [2.45, 2.75) is 87.5 Å². The van der Waals surface area contributed by atoms with Crippen LogP contribution < -0.4 is 0 Å². The highest BCUT2D eigenvalue weighted by molar-refractivity contribution is 4.92. The summed E-state index contributed by atoms with van der Waals surface area (Å²) in [6.45, 7) is 20.2. The zero-order valence-corrected chi connectivity index (χ0v) is 17.3. The Labute approximate surface area is 147 Å². The van der Waals surface area contributed by atoms with Gasteiger partial charge in [0.1, 0.15) is 0 Å². The highest BCUT2D eigenvalue weighted by Crippen LogP contribution is 2.50. The molecule has 2 aliphatic carbocycles. The van der Waals surface area contributed by atoms with Gasteiger partial charge in [0.25, 0.3) is 0 Å². The summed E-state index contributed by atoms with van der Waals surface area (Å²) in [5, 5.41) is 0. The summed E-state index contributed by atoms with van der Waals surface area (Å²) >= 11 is 0. The normalized spacial score (nSPS) is 48.0. The summed E-state index contributed by atoms with van der Waals surface area (Å²) in [6, 6.07) is 0. The first kappa shape index (κ1) is 19.3. The lowest BCUT2D eigenvalue weighted by Crippen LogP contribution is -2.43. The van der Waals surface area contributed by atoms with Crippen molar-refractivity contribution in [2.24, 2.45) is 59.2 Å². The molecule has 0 saturated heterocycles. The van der Waals surface area contributed by atoms with Crippen LogP contribution in [0.5, 0.6) is 0 Å². The van der Waals surface area contributed by atoms with Crippen LogP contribution in [-0.4, -0.2) is 0 Å². The zero-order valence-electron chi connectivity index (χ0n) is 17.3. The van der Waals surface area contributed by atoms with Crippen LogP contribution in [0, 0.1) is 59.2 Å². The molecule has 23 heavy (non-hydrogen) atoms. The lowest BCUT2D eigenvalue weighted by Gasteiger charge is -2.50. The van der Waals surface area contributed by atoms with Crippen LogP contribution >= 0.6 is 0 Å². The van der Waals surface area contributed by atoms with Crippen molar-refractivity contribution < 1.29 is 0 Å². The zero-order chi connectivity index (χ0) is 17.3. The van der Waals surface area contributed by atoms with Crippen molar-refractivity contribution in [1.29, 1.82) is 0 Å². The minimum absolute atomic E-state index is 0.899. The van der Waals surface area contributed by atoms with E-state index < -0.39 is 0 Å². The van der Waals surface area contributed by atoms with Crippen molar-refractivity contribution in [2.75, 3.05) is 0 Å². The molecule has 0 aromatic carbocycles. The molecule has 0 heteroatoms. The summed E-state index contributed by atoms with van der Waals surface area (Å²) in [7, 11) is 0. The third kappa shape index (κ3) is 3.98. The topological polar surface area (TPSA) is 0 Å². The van der Waals surface area contributed by atoms with E-state index in [1.807, 2.05) is 0 Å². The molecule has 0 aromatic heterocycles. The van der Waals surface area contributed by atoms with Crippen LogP contribution in [0.15, 0.2) is 0 Å². The minimum Gasteiger partial charge on any atom is -0.0651 e. The highest BCUT2D eigenvalue weighted by Gasteiger charge is 2.43. The van der Waals surface area contributed by atoms with E-state index in [1.54, 1.807) is 0 Å². The van der Waals surface area contributed by atoms with Crippen LogP contribution in [-0.2, 0) is 0 Å². The van der Waals surface area contributed by atoms with Crippen molar-refractivity contribution in [3.8, 4) is 0 Å². The average Bonchev–Trinajstić information content (AvgIpc) is 2.48. The van der Waals surface area contributed by atoms with Gasteiger partial charge >= 0.3 is 0 Å². The lowest BCUT2D eigenvalue weighted by atomic mass is 9.55. The van der Waals surface area contributed by atoms with Gasteiger partial charge in [0.05, 0.1) is 0 Å². The first-order valence-electron chi connectivity index (χ1n) is 10.8. The van der Waals surface area contributed by atoms with Crippen LogP contribution in [0.4, 0.5) is 0 Å². The Hall–Kier alpha value is 0. The molecule has 2 rings (SSSR count). The van der Waals surface area contributed by atoms with E-state index in [0.29, 0.717) is 0 Å². The van der Waals surface area contributed by atoms with E-state index in [4.69, 9.17) is 0 Å². The second-order valence-electron chi connectivity index (χ2n) is 9.98. The molecule has 2 saturated carbocycles. The largest absolute Gasteiger partial charge is 0.0651 e. The van der Waals surface area contributed by atoms with Crippen molar-refractivity contribution >= 4 is 0 Å². The van der Waals surface area contributed by atoms with Gasteiger partial charge in [0.15, 0.2) is 0 Å². The third-order valence-electron chi connectivity index (χ3n) is 8.54. The molecular weight excluding hydrogens is 276 g/mol. The lowest BCUT2D eigenvalue weighted by molar-refractivity contribution is -0.00982. The Balaban J connectivity index is 2.13. The molecule has 0 aromatic rings. The maximum atomic E-state index is 2.62. The summed E-state index contributed by atoms with van der Waals surface area (Å²) in [6.07, 6.45) is 7.28. The summed E-state index contributed by atoms with van der Waals surface area (Å²) in [5.41, 5.74) is 0. The van der Waals surface area contributed by atoms with E-state index in [-0.39, 0.29) is 0 Å². The average molecular weight is 321 g/mol. The van der Waals surface area contributed by atoms with Gasteiger partial charge in [-0.3, -0.25) is 0 Å². The van der Waals surface area contributed by atoms with Crippen LogP contribution in [0.2, 0.25) is 0 Å². The molecule has 0 nitrogen and oxygen atoms in total. The van der Waals surface area contributed by atoms with E-state index in [0.717, 1.165) is 59.2 Å². The Morgan fingerprint density at radius 3 is 2.00 bits per heavy atom. The summed E-state index contributed by atoms with van der Waals surface area (Å²) in [5.74, 6) is 9.32. The van der Waals surface area contributed by atoms with Crippen LogP contribution in [0.3, 0.4) is 0 Å². The molecule has 2 aliphatic rings. The maximum Gasteiger partial charge on any atom is -0.0331 e. The van der Waals surface area contributed by atoms with Gasteiger partial charge in [-0.2, -0.15) is 0 Å². The Kier molecular flexibility index (Phi) is 6.66. The Morgan fingerprint density at radius 1 is 0.783 bits per heavy atom. The summed E-state index contributed by atoms with van der Waals surface area (Å²) < 4.78 is 0. The van der Waals surface area contributed by atoms with Gasteiger partial charge in [0, 0.05) is 0 Å². The van der Waals surface area contributed by atoms with Gasteiger partial charge in [-0.15, -0.1) is 0 Å². The fourth-order valence-corrected chi connectivity index (χ4v) is 7.02. The van der Waals surface area contributed by atoms with Crippen molar-refractivity contribution in [1.82, 2.24) is 0 Å². The predicted molar refractivity (Wildman–Crippen MR) is 103 cm³/mol. The van der Waals surface area contributed by atoms with E-state index in [1.165, 1.54) is 32.1 Å². The molecule has 0 radical (unpaired) electrons. The first-order valence-corrected chi connectivity index (χ1v) is 10.8. The van der Waals surface area contributed by atoms with Gasteiger partial charge in [-0.25, -0.2) is 0 Å². The quantitative estimate of drug-likeness (QED) is 0.510. The van der Waals surface area contributed by atoms with Gasteiger partial charge < -0.3 is 0 Å². The Morgan fingerprint density at radius 2 is 1.43 bits per heavy atom. The molecule has 0 aliphatic heterocycles. The fraction of sp³-hybridized carbons (Fsp3) is 1.00. The second kappa shape index (κ2) is 7.92. The third-order valence-corrected chi connectivity index (χ3v) is 8.54. The number of rotatable bonds is 4. The van der Waals surface area contributed by atoms with Crippen molar-refractivity contribution in [3.05, 3.63) is 0 Å². The molecular formula is C23H44. The molecule has 136 valence electrons. The van der Waals surface area contributed by atoms with E-state index in [2.05, 4.69) is 55.4 Å². The standard InChI is InChI=1S/C23H44/c1-9-21(22-11-10-14(2)12-16(22)4)20(8)23-17(5)13-15(3)18(6)19(23)7/h14-23H,9-13H2,1-8H3. The fourth-order valence-electron chi connectivity index (χ4n) is 7.02. The molecule has 10 unspecified atom stereocenters. The minimum atomic E-state index is 0.899. The summed E-state index contributed by atoms with van der Waals surface area (Å²) in [4.78, 5) is 0. The van der Waals surface area contributed by atoms with Gasteiger partial charge in [-0.1, -0.05) is 68.2 Å². The molecule has 10 atom stereocenters. The molecule has 2 fully saturated rings. The molecule has 0 N–H and O–H groups in total. The van der Waals surface area contributed by atoms with Crippen LogP contribution in [0.1, 0.15) is 87.5 Å². The molecule has 0 bridgehead atoms. The smallest absolute Gasteiger partial charge is 0.0331 e. The van der Waals surface area contributed by atoms with E-state index >= 15 is 0 Å². The van der Waals surface area contributed by atoms with E-state index in [9.17, 15) is 0 Å². The number of hydrogen-bond donors (Lipinski definition) is 0. The second-order valence-corrected chi connectivity index (χ2v) is 9.98. The molecule has 0 heterocycles. The van der Waals surface area contributed by atoms with Gasteiger partial charge in [-0.05, 0) is 78.4 Å². The molecule has 0 spiro atoms. The SMILES string of the molecule is CCC(C(C)C1C(C)CC(C)C(C)C1C)C1CCC(C)CC1C. The highest BCUT2D eigenvalue weighted by atomic mass is 14.5. The monoisotopic (exact) mass is 320 g/mol. The maximum absolute atomic E-state index is 2.62. The molecule has 0 amide bonds. The first-order chi connectivity index (χ1) is 10.8. The van der Waals surface area contributed by atoms with Gasteiger partial charge in [0.2, 0.25) is 0 Å². The van der Waals surface area contributed by atoms with Crippen molar-refractivity contribution in [3.63, 3.8) is 0 Å².